The third-order valence-electron chi connectivity index (χ3n) is 3.54. The number of hydrogen-bond donors (Lipinski definition) is 2. The Morgan fingerprint density at radius 3 is 2.67 bits per heavy atom. The summed E-state index contributed by atoms with van der Waals surface area (Å²) in [5.74, 6) is -0.878. The standard InChI is InChI=1S/C14H18O4/c15-12(11-5-2-1-3-6-11)9-14(13(16)17)7-4-8-18-10-14/h1-3,5-6,12,15H,4,7-10H2,(H,16,17). The van der Waals surface area contributed by atoms with Gasteiger partial charge in [0.25, 0.3) is 0 Å². The zero-order valence-electron chi connectivity index (χ0n) is 10.2. The number of ether oxygens (including phenoxy) is 1. The molecule has 1 aliphatic heterocycles. The van der Waals surface area contributed by atoms with Crippen LogP contribution >= 0.6 is 0 Å². The van der Waals surface area contributed by atoms with Gasteiger partial charge in [-0.2, -0.15) is 0 Å². The smallest absolute Gasteiger partial charge is 0.312 e. The number of rotatable bonds is 4. The molecule has 1 fully saturated rings. The second kappa shape index (κ2) is 5.50. The van der Waals surface area contributed by atoms with E-state index in [2.05, 4.69) is 0 Å². The first-order chi connectivity index (χ1) is 8.64. The quantitative estimate of drug-likeness (QED) is 0.857. The maximum absolute atomic E-state index is 11.5. The molecule has 0 bridgehead atoms. The molecule has 4 nitrogen and oxygen atoms in total. The summed E-state index contributed by atoms with van der Waals surface area (Å²) in [5, 5.41) is 19.6. The lowest BCUT2D eigenvalue weighted by Gasteiger charge is -2.34. The molecule has 0 amide bonds. The topological polar surface area (TPSA) is 66.8 Å². The Labute approximate surface area is 106 Å². The molecule has 2 unspecified atom stereocenters. The van der Waals surface area contributed by atoms with Crippen molar-refractivity contribution >= 4 is 5.97 Å². The maximum atomic E-state index is 11.5. The largest absolute Gasteiger partial charge is 0.481 e. The molecule has 98 valence electrons. The van der Waals surface area contributed by atoms with E-state index >= 15 is 0 Å². The molecule has 2 atom stereocenters. The zero-order valence-corrected chi connectivity index (χ0v) is 10.2. The first-order valence-corrected chi connectivity index (χ1v) is 6.18. The zero-order chi connectivity index (χ0) is 13.0. The van der Waals surface area contributed by atoms with Crippen LogP contribution in [-0.2, 0) is 9.53 Å². The summed E-state index contributed by atoms with van der Waals surface area (Å²) in [6, 6.07) is 9.16. The second-order valence-corrected chi connectivity index (χ2v) is 4.87. The van der Waals surface area contributed by atoms with Gasteiger partial charge in [-0.3, -0.25) is 4.79 Å². The number of carbonyl (C=O) groups is 1. The predicted molar refractivity (Wildman–Crippen MR) is 66.1 cm³/mol. The third-order valence-corrected chi connectivity index (χ3v) is 3.54. The fourth-order valence-corrected chi connectivity index (χ4v) is 2.43. The molecular formula is C14H18O4. The molecule has 18 heavy (non-hydrogen) atoms. The first kappa shape index (κ1) is 13.1. The summed E-state index contributed by atoms with van der Waals surface area (Å²) in [6.07, 6.45) is 0.732. The first-order valence-electron chi connectivity index (χ1n) is 6.18. The molecule has 1 aromatic carbocycles. The SMILES string of the molecule is O=C(O)C1(CC(O)c2ccccc2)CCCOC1. The Bertz CT molecular complexity index is 396. The lowest BCUT2D eigenvalue weighted by atomic mass is 9.77. The van der Waals surface area contributed by atoms with Crippen molar-refractivity contribution in [1.82, 2.24) is 0 Å². The van der Waals surface area contributed by atoms with Gasteiger partial charge in [0.1, 0.15) is 0 Å². The number of aliphatic hydroxyl groups is 1. The molecule has 1 aromatic rings. The molecule has 0 aliphatic carbocycles. The van der Waals surface area contributed by atoms with Crippen LogP contribution in [0, 0.1) is 5.41 Å². The molecule has 4 heteroatoms. The maximum Gasteiger partial charge on any atom is 0.312 e. The van der Waals surface area contributed by atoms with E-state index in [1.165, 1.54) is 0 Å². The number of benzene rings is 1. The molecule has 0 spiro atoms. The van der Waals surface area contributed by atoms with Crippen molar-refractivity contribution in [3.63, 3.8) is 0 Å². The number of carboxylic acids is 1. The highest BCUT2D eigenvalue weighted by molar-refractivity contribution is 5.75. The van der Waals surface area contributed by atoms with E-state index < -0.39 is 17.5 Å². The molecule has 2 rings (SSSR count). The molecule has 1 aliphatic rings. The summed E-state index contributed by atoms with van der Waals surface area (Å²) in [7, 11) is 0. The number of aliphatic hydroxyl groups excluding tert-OH is 1. The van der Waals surface area contributed by atoms with Gasteiger partial charge in [0.15, 0.2) is 0 Å². The molecule has 0 aromatic heterocycles. The summed E-state index contributed by atoms with van der Waals surface area (Å²) in [5.41, 5.74) is -0.197. The number of carboxylic acid groups (broad SMARTS) is 1. The van der Waals surface area contributed by atoms with E-state index in [1.54, 1.807) is 0 Å². The van der Waals surface area contributed by atoms with Crippen molar-refractivity contribution < 1.29 is 19.7 Å². The highest BCUT2D eigenvalue weighted by atomic mass is 16.5. The lowest BCUT2D eigenvalue weighted by Crippen LogP contribution is -2.40. The monoisotopic (exact) mass is 250 g/mol. The van der Waals surface area contributed by atoms with E-state index in [4.69, 9.17) is 4.74 Å². The van der Waals surface area contributed by atoms with Crippen LogP contribution in [0.2, 0.25) is 0 Å². The minimum atomic E-state index is -0.951. The fraction of sp³-hybridized carbons (Fsp3) is 0.500. The summed E-state index contributed by atoms with van der Waals surface area (Å²) in [4.78, 5) is 11.5. The van der Waals surface area contributed by atoms with Gasteiger partial charge in [0.2, 0.25) is 0 Å². The Balaban J connectivity index is 2.12. The van der Waals surface area contributed by atoms with Crippen LogP contribution in [0.3, 0.4) is 0 Å². The van der Waals surface area contributed by atoms with E-state index in [0.717, 1.165) is 12.0 Å². The second-order valence-electron chi connectivity index (χ2n) is 4.87. The Morgan fingerprint density at radius 1 is 1.39 bits per heavy atom. The van der Waals surface area contributed by atoms with Crippen molar-refractivity contribution in [2.24, 2.45) is 5.41 Å². The lowest BCUT2D eigenvalue weighted by molar-refractivity contribution is -0.160. The molecule has 0 saturated carbocycles. The van der Waals surface area contributed by atoms with Crippen molar-refractivity contribution in [1.29, 1.82) is 0 Å². The van der Waals surface area contributed by atoms with Crippen LogP contribution in [0.5, 0.6) is 0 Å². The van der Waals surface area contributed by atoms with Gasteiger partial charge in [-0.1, -0.05) is 30.3 Å². The molecule has 2 N–H and O–H groups in total. The van der Waals surface area contributed by atoms with Crippen LogP contribution in [0.25, 0.3) is 0 Å². The van der Waals surface area contributed by atoms with Gasteiger partial charge in [-0.15, -0.1) is 0 Å². The summed E-state index contributed by atoms with van der Waals surface area (Å²) >= 11 is 0. The number of hydrogen-bond acceptors (Lipinski definition) is 3. The molecule has 0 radical (unpaired) electrons. The number of aliphatic carboxylic acids is 1. The average molecular weight is 250 g/mol. The van der Waals surface area contributed by atoms with E-state index in [0.29, 0.717) is 13.0 Å². The normalized spacial score (nSPS) is 25.6. The van der Waals surface area contributed by atoms with Crippen molar-refractivity contribution in [2.45, 2.75) is 25.4 Å². The summed E-state index contributed by atoms with van der Waals surface area (Å²) < 4.78 is 5.29. The van der Waals surface area contributed by atoms with Crippen LogP contribution < -0.4 is 0 Å². The Hall–Kier alpha value is -1.39. The van der Waals surface area contributed by atoms with Gasteiger partial charge in [0, 0.05) is 6.61 Å². The van der Waals surface area contributed by atoms with Crippen molar-refractivity contribution in [3.05, 3.63) is 35.9 Å². The minimum Gasteiger partial charge on any atom is -0.481 e. The van der Waals surface area contributed by atoms with Crippen LogP contribution in [-0.4, -0.2) is 29.4 Å². The Kier molecular flexibility index (Phi) is 3.99. The van der Waals surface area contributed by atoms with Gasteiger partial charge >= 0.3 is 5.97 Å². The van der Waals surface area contributed by atoms with Crippen molar-refractivity contribution in [2.75, 3.05) is 13.2 Å². The van der Waals surface area contributed by atoms with Crippen molar-refractivity contribution in [3.8, 4) is 0 Å². The molecule has 1 saturated heterocycles. The van der Waals surface area contributed by atoms with E-state index in [9.17, 15) is 15.0 Å². The van der Waals surface area contributed by atoms with Gasteiger partial charge in [0.05, 0.1) is 18.1 Å². The molecule has 1 heterocycles. The third kappa shape index (κ3) is 2.71. The Morgan fingerprint density at radius 2 is 2.11 bits per heavy atom. The summed E-state index contributed by atoms with van der Waals surface area (Å²) in [6.45, 7) is 0.794. The van der Waals surface area contributed by atoms with Gasteiger partial charge < -0.3 is 14.9 Å². The van der Waals surface area contributed by atoms with Crippen LogP contribution in [0.15, 0.2) is 30.3 Å². The highest BCUT2D eigenvalue weighted by Gasteiger charge is 2.42. The predicted octanol–water partition coefficient (Wildman–Crippen LogP) is 1.99. The fourth-order valence-electron chi connectivity index (χ4n) is 2.43. The van der Waals surface area contributed by atoms with Gasteiger partial charge in [-0.05, 0) is 24.8 Å². The van der Waals surface area contributed by atoms with Gasteiger partial charge in [-0.25, -0.2) is 0 Å². The van der Waals surface area contributed by atoms with E-state index in [-0.39, 0.29) is 13.0 Å². The van der Waals surface area contributed by atoms with Crippen LogP contribution in [0.1, 0.15) is 30.9 Å². The van der Waals surface area contributed by atoms with Crippen LogP contribution in [0.4, 0.5) is 0 Å². The highest BCUT2D eigenvalue weighted by Crippen LogP contribution is 2.37. The van der Waals surface area contributed by atoms with E-state index in [1.807, 2.05) is 30.3 Å². The molecular weight excluding hydrogens is 232 g/mol. The minimum absolute atomic E-state index is 0.187. The average Bonchev–Trinajstić information content (AvgIpc) is 2.40.